The normalized spacial score (nSPS) is 36.4. The summed E-state index contributed by atoms with van der Waals surface area (Å²) in [6, 6.07) is 0. The van der Waals surface area contributed by atoms with Gasteiger partial charge < -0.3 is 10.1 Å². The molecule has 1 atom stereocenters. The number of ether oxygens (including phenoxy) is 1. The van der Waals surface area contributed by atoms with Crippen LogP contribution in [0, 0.1) is 0 Å². The van der Waals surface area contributed by atoms with Crippen LogP contribution in [0.4, 0.5) is 0 Å². The molecule has 0 aromatic carbocycles. The second kappa shape index (κ2) is 3.82. The van der Waals surface area contributed by atoms with E-state index in [0.717, 1.165) is 6.54 Å². The standard InChI is InChI=1S/C12H23NO/c1-11(10-13-2)8-9-12(14-11)6-4-3-5-7-12/h13H,3-10H2,1-2H3. The molecule has 2 fully saturated rings. The van der Waals surface area contributed by atoms with Crippen molar-refractivity contribution in [3.8, 4) is 0 Å². The van der Waals surface area contributed by atoms with Gasteiger partial charge in [-0.1, -0.05) is 19.3 Å². The van der Waals surface area contributed by atoms with Crippen LogP contribution in [-0.2, 0) is 4.74 Å². The van der Waals surface area contributed by atoms with Crippen LogP contribution in [0.3, 0.4) is 0 Å². The minimum atomic E-state index is 0.103. The van der Waals surface area contributed by atoms with Gasteiger partial charge in [-0.2, -0.15) is 0 Å². The van der Waals surface area contributed by atoms with Crippen molar-refractivity contribution in [2.45, 2.75) is 63.1 Å². The molecule has 1 unspecified atom stereocenters. The molecule has 0 bridgehead atoms. The highest BCUT2D eigenvalue weighted by Crippen LogP contribution is 2.45. The molecular weight excluding hydrogens is 174 g/mol. The minimum absolute atomic E-state index is 0.103. The van der Waals surface area contributed by atoms with Gasteiger partial charge in [-0.15, -0.1) is 0 Å². The topological polar surface area (TPSA) is 21.3 Å². The van der Waals surface area contributed by atoms with Crippen LogP contribution in [0.2, 0.25) is 0 Å². The van der Waals surface area contributed by atoms with Gasteiger partial charge in [0.25, 0.3) is 0 Å². The van der Waals surface area contributed by atoms with Crippen molar-refractivity contribution in [3.05, 3.63) is 0 Å². The summed E-state index contributed by atoms with van der Waals surface area (Å²) in [6.45, 7) is 3.25. The summed E-state index contributed by atoms with van der Waals surface area (Å²) in [6.07, 6.45) is 9.26. The summed E-state index contributed by atoms with van der Waals surface area (Å²) < 4.78 is 6.36. The third kappa shape index (κ3) is 1.96. The number of nitrogens with one attached hydrogen (secondary N) is 1. The molecule has 0 radical (unpaired) electrons. The number of hydrogen-bond donors (Lipinski definition) is 1. The molecule has 1 saturated heterocycles. The van der Waals surface area contributed by atoms with Crippen LogP contribution in [0.1, 0.15) is 51.9 Å². The molecule has 14 heavy (non-hydrogen) atoms. The Balaban J connectivity index is 1.98. The van der Waals surface area contributed by atoms with Crippen molar-refractivity contribution in [1.29, 1.82) is 0 Å². The van der Waals surface area contributed by atoms with E-state index in [1.54, 1.807) is 0 Å². The maximum atomic E-state index is 6.36. The van der Waals surface area contributed by atoms with E-state index >= 15 is 0 Å². The summed E-state index contributed by atoms with van der Waals surface area (Å²) in [5.74, 6) is 0. The molecule has 1 saturated carbocycles. The zero-order valence-corrected chi connectivity index (χ0v) is 9.57. The smallest absolute Gasteiger partial charge is 0.0786 e. The summed E-state index contributed by atoms with van der Waals surface area (Å²) in [5, 5.41) is 3.25. The lowest BCUT2D eigenvalue weighted by atomic mass is 9.82. The lowest BCUT2D eigenvalue weighted by Gasteiger charge is -2.36. The quantitative estimate of drug-likeness (QED) is 0.734. The van der Waals surface area contributed by atoms with Gasteiger partial charge in [0.1, 0.15) is 0 Å². The Labute approximate surface area is 87.4 Å². The Bertz CT molecular complexity index is 198. The summed E-state index contributed by atoms with van der Waals surface area (Å²) in [4.78, 5) is 0. The number of hydrogen-bond acceptors (Lipinski definition) is 2. The van der Waals surface area contributed by atoms with Gasteiger partial charge in [0.2, 0.25) is 0 Å². The van der Waals surface area contributed by atoms with E-state index in [9.17, 15) is 0 Å². The average Bonchev–Trinajstić information content (AvgIpc) is 2.46. The third-order valence-electron chi connectivity index (χ3n) is 3.89. The van der Waals surface area contributed by atoms with E-state index in [1.807, 2.05) is 7.05 Å². The second-order valence-corrected chi connectivity index (χ2v) is 5.33. The van der Waals surface area contributed by atoms with E-state index in [-0.39, 0.29) is 11.2 Å². The van der Waals surface area contributed by atoms with Crippen LogP contribution in [0.5, 0.6) is 0 Å². The van der Waals surface area contributed by atoms with Crippen LogP contribution in [0.15, 0.2) is 0 Å². The molecule has 0 aromatic heterocycles. The lowest BCUT2D eigenvalue weighted by molar-refractivity contribution is -0.109. The van der Waals surface area contributed by atoms with E-state index in [0.29, 0.717) is 0 Å². The Morgan fingerprint density at radius 1 is 1.07 bits per heavy atom. The maximum absolute atomic E-state index is 6.36. The maximum Gasteiger partial charge on any atom is 0.0786 e. The van der Waals surface area contributed by atoms with E-state index in [1.165, 1.54) is 44.9 Å². The van der Waals surface area contributed by atoms with Gasteiger partial charge in [-0.3, -0.25) is 0 Å². The van der Waals surface area contributed by atoms with E-state index in [4.69, 9.17) is 4.74 Å². The van der Waals surface area contributed by atoms with Gasteiger partial charge in [0.05, 0.1) is 11.2 Å². The molecule has 2 nitrogen and oxygen atoms in total. The van der Waals surface area contributed by atoms with E-state index < -0.39 is 0 Å². The van der Waals surface area contributed by atoms with Crippen LogP contribution < -0.4 is 5.32 Å². The molecule has 2 aliphatic rings. The largest absolute Gasteiger partial charge is 0.368 e. The zero-order chi connectivity index (χ0) is 10.1. The highest BCUT2D eigenvalue weighted by atomic mass is 16.5. The first-order valence-electron chi connectivity index (χ1n) is 6.03. The molecule has 1 N–H and O–H groups in total. The van der Waals surface area contributed by atoms with Crippen molar-refractivity contribution >= 4 is 0 Å². The molecule has 0 aromatic rings. The molecule has 2 heteroatoms. The molecule has 1 heterocycles. The lowest BCUT2D eigenvalue weighted by Crippen LogP contribution is -2.40. The minimum Gasteiger partial charge on any atom is -0.368 e. The Morgan fingerprint density at radius 2 is 1.79 bits per heavy atom. The fraction of sp³-hybridized carbons (Fsp3) is 1.00. The van der Waals surface area contributed by atoms with Crippen molar-refractivity contribution in [3.63, 3.8) is 0 Å². The van der Waals surface area contributed by atoms with Crippen molar-refractivity contribution in [2.24, 2.45) is 0 Å². The molecule has 2 rings (SSSR count). The first-order chi connectivity index (χ1) is 6.68. The molecule has 82 valence electrons. The van der Waals surface area contributed by atoms with Crippen LogP contribution >= 0.6 is 0 Å². The summed E-state index contributed by atoms with van der Waals surface area (Å²) in [7, 11) is 2.01. The van der Waals surface area contributed by atoms with Crippen molar-refractivity contribution < 1.29 is 4.74 Å². The zero-order valence-electron chi connectivity index (χ0n) is 9.57. The summed E-state index contributed by atoms with van der Waals surface area (Å²) >= 11 is 0. The Kier molecular flexibility index (Phi) is 2.85. The predicted octanol–water partition coefficient (Wildman–Crippen LogP) is 2.48. The second-order valence-electron chi connectivity index (χ2n) is 5.33. The molecule has 1 aliphatic carbocycles. The molecule has 1 spiro atoms. The molecule has 0 amide bonds. The van der Waals surface area contributed by atoms with Gasteiger partial charge in [0.15, 0.2) is 0 Å². The average molecular weight is 197 g/mol. The first-order valence-corrected chi connectivity index (χ1v) is 6.03. The third-order valence-corrected chi connectivity index (χ3v) is 3.89. The van der Waals surface area contributed by atoms with Crippen LogP contribution in [-0.4, -0.2) is 24.8 Å². The van der Waals surface area contributed by atoms with Crippen molar-refractivity contribution in [2.75, 3.05) is 13.6 Å². The Hall–Kier alpha value is -0.0800. The molecular formula is C12H23NO. The SMILES string of the molecule is CNCC1(C)CCC2(CCCCC2)O1. The van der Waals surface area contributed by atoms with Gasteiger partial charge >= 0.3 is 0 Å². The highest BCUT2D eigenvalue weighted by molar-refractivity contribution is 4.97. The fourth-order valence-corrected chi connectivity index (χ4v) is 3.16. The Morgan fingerprint density at radius 3 is 2.43 bits per heavy atom. The van der Waals surface area contributed by atoms with Crippen LogP contribution in [0.25, 0.3) is 0 Å². The highest BCUT2D eigenvalue weighted by Gasteiger charge is 2.46. The van der Waals surface area contributed by atoms with Gasteiger partial charge in [-0.25, -0.2) is 0 Å². The van der Waals surface area contributed by atoms with Gasteiger partial charge in [-0.05, 0) is 39.7 Å². The number of likely N-dealkylation sites (N-methyl/N-ethyl adjacent to an activating group) is 1. The first kappa shape index (κ1) is 10.4. The predicted molar refractivity (Wildman–Crippen MR) is 58.5 cm³/mol. The van der Waals surface area contributed by atoms with E-state index in [2.05, 4.69) is 12.2 Å². The van der Waals surface area contributed by atoms with Crippen molar-refractivity contribution in [1.82, 2.24) is 5.32 Å². The summed E-state index contributed by atoms with van der Waals surface area (Å²) in [5.41, 5.74) is 0.371. The van der Waals surface area contributed by atoms with Gasteiger partial charge in [0, 0.05) is 6.54 Å². The molecule has 1 aliphatic heterocycles. The fourth-order valence-electron chi connectivity index (χ4n) is 3.16. The number of rotatable bonds is 2. The monoisotopic (exact) mass is 197 g/mol.